The Labute approximate surface area is 217 Å². The molecule has 2 heterocycles. The van der Waals surface area contributed by atoms with Crippen LogP contribution >= 0.6 is 0 Å². The van der Waals surface area contributed by atoms with Crippen LogP contribution in [0.5, 0.6) is 0 Å². The zero-order valence-corrected chi connectivity index (χ0v) is 21.3. The van der Waals surface area contributed by atoms with E-state index in [0.717, 1.165) is 76.1 Å². The third-order valence-corrected chi connectivity index (χ3v) is 7.34. The fourth-order valence-electron chi connectivity index (χ4n) is 5.29. The molecule has 2 heteroatoms. The van der Waals surface area contributed by atoms with E-state index in [2.05, 4.69) is 106 Å². The van der Waals surface area contributed by atoms with Crippen molar-refractivity contribution < 1.29 is 0 Å². The Morgan fingerprint density at radius 2 is 0.944 bits per heavy atom. The number of rotatable bonds is 6. The molecule has 0 fully saturated rings. The molecule has 2 aliphatic heterocycles. The van der Waals surface area contributed by atoms with E-state index in [1.165, 1.54) is 35.1 Å². The van der Waals surface area contributed by atoms with Gasteiger partial charge in [-0.1, -0.05) is 84.3 Å². The van der Waals surface area contributed by atoms with Gasteiger partial charge in [0.2, 0.25) is 0 Å². The largest absolute Gasteiger partial charge is 0.299 e. The van der Waals surface area contributed by atoms with Crippen LogP contribution < -0.4 is 0 Å². The van der Waals surface area contributed by atoms with Crippen molar-refractivity contribution in [3.05, 3.63) is 106 Å². The van der Waals surface area contributed by atoms with Crippen LogP contribution in [0, 0.1) is 23.7 Å². The predicted molar refractivity (Wildman–Crippen MR) is 150 cm³/mol. The smallest absolute Gasteiger partial charge is 0.0401 e. The van der Waals surface area contributed by atoms with Crippen LogP contribution in [0.15, 0.2) is 72.8 Å². The Hall–Kier alpha value is -3.30. The van der Waals surface area contributed by atoms with Gasteiger partial charge in [0.15, 0.2) is 0 Å². The van der Waals surface area contributed by atoms with Gasteiger partial charge in [0, 0.05) is 50.1 Å². The fourth-order valence-corrected chi connectivity index (χ4v) is 5.29. The highest BCUT2D eigenvalue weighted by molar-refractivity contribution is 5.50. The Bertz CT molecular complexity index is 1180. The summed E-state index contributed by atoms with van der Waals surface area (Å²) in [7, 11) is 0. The van der Waals surface area contributed by atoms with E-state index < -0.39 is 0 Å². The molecule has 0 spiro atoms. The number of nitrogens with zero attached hydrogens (tertiary/aromatic N) is 2. The average molecular weight is 473 g/mol. The van der Waals surface area contributed by atoms with Crippen molar-refractivity contribution in [2.75, 3.05) is 26.2 Å². The molecule has 0 amide bonds. The Balaban J connectivity index is 1.05. The zero-order chi connectivity index (χ0) is 24.4. The quantitative estimate of drug-likeness (QED) is 0.318. The number of hydrogen-bond acceptors (Lipinski definition) is 2. The SMILES string of the molecule is C(#Cc1ccccc1C#CCCCN1CCc2ccccc2C1)CCCN1CCc2ccccc2C1. The molecule has 0 radical (unpaired) electrons. The maximum Gasteiger partial charge on any atom is 0.0401 e. The van der Waals surface area contributed by atoms with Crippen molar-refractivity contribution in [2.24, 2.45) is 0 Å². The van der Waals surface area contributed by atoms with E-state index in [1.54, 1.807) is 0 Å². The van der Waals surface area contributed by atoms with Crippen LogP contribution in [0.1, 0.15) is 59.1 Å². The minimum Gasteiger partial charge on any atom is -0.299 e. The van der Waals surface area contributed by atoms with E-state index in [4.69, 9.17) is 0 Å². The van der Waals surface area contributed by atoms with Gasteiger partial charge in [0.05, 0.1) is 0 Å². The topological polar surface area (TPSA) is 6.48 Å². The molecule has 0 bridgehead atoms. The first-order chi connectivity index (χ1) is 17.8. The van der Waals surface area contributed by atoms with E-state index in [0.29, 0.717) is 0 Å². The first-order valence-corrected chi connectivity index (χ1v) is 13.5. The Kier molecular flexibility index (Phi) is 8.54. The van der Waals surface area contributed by atoms with Gasteiger partial charge in [0.1, 0.15) is 0 Å². The lowest BCUT2D eigenvalue weighted by molar-refractivity contribution is 0.252. The molecule has 0 atom stereocenters. The lowest BCUT2D eigenvalue weighted by Gasteiger charge is -2.28. The van der Waals surface area contributed by atoms with Crippen molar-refractivity contribution in [1.82, 2.24) is 9.80 Å². The van der Waals surface area contributed by atoms with Gasteiger partial charge in [-0.25, -0.2) is 0 Å². The lowest BCUT2D eigenvalue weighted by Crippen LogP contribution is -2.31. The van der Waals surface area contributed by atoms with Crippen LogP contribution in [0.3, 0.4) is 0 Å². The zero-order valence-electron chi connectivity index (χ0n) is 21.3. The number of benzene rings is 3. The molecule has 0 aliphatic carbocycles. The lowest BCUT2D eigenvalue weighted by atomic mass is 10.00. The summed E-state index contributed by atoms with van der Waals surface area (Å²) in [5, 5.41) is 0. The van der Waals surface area contributed by atoms with Gasteiger partial charge in [-0.05, 0) is 73.2 Å². The molecule has 0 saturated carbocycles. The molecular weight excluding hydrogens is 436 g/mol. The second-order valence-corrected chi connectivity index (χ2v) is 9.95. The summed E-state index contributed by atoms with van der Waals surface area (Å²) in [4.78, 5) is 5.12. The van der Waals surface area contributed by atoms with Gasteiger partial charge in [-0.2, -0.15) is 0 Å². The summed E-state index contributed by atoms with van der Waals surface area (Å²) >= 11 is 0. The van der Waals surface area contributed by atoms with Crippen molar-refractivity contribution >= 4 is 0 Å². The maximum absolute atomic E-state index is 3.40. The average Bonchev–Trinajstić information content (AvgIpc) is 2.93. The molecule has 5 rings (SSSR count). The van der Waals surface area contributed by atoms with E-state index in [1.807, 2.05) is 0 Å². The summed E-state index contributed by atoms with van der Waals surface area (Å²) in [6, 6.07) is 26.0. The van der Waals surface area contributed by atoms with Crippen LogP contribution in [-0.2, 0) is 25.9 Å². The minimum atomic E-state index is 0.929. The van der Waals surface area contributed by atoms with E-state index in [9.17, 15) is 0 Å². The Morgan fingerprint density at radius 3 is 1.42 bits per heavy atom. The standard InChI is InChI=1S/C34H36N2/c1(11-23-35-25-21-31-17-7-9-19-33(31)27-35)3-13-29-15-5-6-16-30(29)14-4-2-12-24-36-26-22-32-18-8-10-20-34(32)28-36/h5-10,15-20H,1-2,11-12,21-28H2. The maximum atomic E-state index is 3.40. The van der Waals surface area contributed by atoms with E-state index >= 15 is 0 Å². The molecule has 3 aromatic rings. The van der Waals surface area contributed by atoms with Crippen LogP contribution in [-0.4, -0.2) is 36.0 Å². The number of unbranched alkanes of at least 4 members (excludes halogenated alkanes) is 2. The van der Waals surface area contributed by atoms with Crippen molar-refractivity contribution in [3.63, 3.8) is 0 Å². The molecule has 0 saturated heterocycles. The molecule has 182 valence electrons. The summed E-state index contributed by atoms with van der Waals surface area (Å²) in [5.74, 6) is 13.6. The van der Waals surface area contributed by atoms with Crippen LogP contribution in [0.4, 0.5) is 0 Å². The molecule has 3 aromatic carbocycles. The van der Waals surface area contributed by atoms with Crippen molar-refractivity contribution in [2.45, 2.75) is 51.6 Å². The molecule has 0 N–H and O–H groups in total. The first kappa shape index (κ1) is 24.4. The predicted octanol–water partition coefficient (Wildman–Crippen LogP) is 6.07. The highest BCUT2D eigenvalue weighted by Crippen LogP contribution is 2.19. The number of hydrogen-bond donors (Lipinski definition) is 0. The second-order valence-electron chi connectivity index (χ2n) is 9.95. The highest BCUT2D eigenvalue weighted by Gasteiger charge is 2.15. The molecule has 2 nitrogen and oxygen atoms in total. The van der Waals surface area contributed by atoms with Crippen molar-refractivity contribution in [3.8, 4) is 23.7 Å². The number of fused-ring (bicyclic) bond motifs is 2. The summed E-state index contributed by atoms with van der Waals surface area (Å²) in [6.07, 6.45) is 6.42. The third-order valence-electron chi connectivity index (χ3n) is 7.34. The normalized spacial score (nSPS) is 15.1. The molecular formula is C34H36N2. The molecule has 0 aromatic heterocycles. The Morgan fingerprint density at radius 1 is 0.528 bits per heavy atom. The van der Waals surface area contributed by atoms with E-state index in [-0.39, 0.29) is 0 Å². The van der Waals surface area contributed by atoms with Gasteiger partial charge in [-0.3, -0.25) is 9.80 Å². The van der Waals surface area contributed by atoms with Gasteiger partial charge in [0.25, 0.3) is 0 Å². The summed E-state index contributed by atoms with van der Waals surface area (Å²) < 4.78 is 0. The molecule has 2 aliphatic rings. The van der Waals surface area contributed by atoms with Gasteiger partial charge in [-0.15, -0.1) is 0 Å². The monoisotopic (exact) mass is 472 g/mol. The first-order valence-electron chi connectivity index (χ1n) is 13.5. The van der Waals surface area contributed by atoms with Gasteiger partial charge < -0.3 is 0 Å². The van der Waals surface area contributed by atoms with Crippen molar-refractivity contribution in [1.29, 1.82) is 0 Å². The summed E-state index contributed by atoms with van der Waals surface area (Å²) in [6.45, 7) is 6.71. The van der Waals surface area contributed by atoms with Gasteiger partial charge >= 0.3 is 0 Å². The van der Waals surface area contributed by atoms with Crippen LogP contribution in [0.25, 0.3) is 0 Å². The fraction of sp³-hybridized carbons (Fsp3) is 0.353. The molecule has 0 unspecified atom stereocenters. The minimum absolute atomic E-state index is 0.929. The molecule has 36 heavy (non-hydrogen) atoms. The second kappa shape index (κ2) is 12.6. The third kappa shape index (κ3) is 6.67. The summed E-state index contributed by atoms with van der Waals surface area (Å²) in [5.41, 5.74) is 8.13. The van der Waals surface area contributed by atoms with Crippen LogP contribution in [0.2, 0.25) is 0 Å². The highest BCUT2D eigenvalue weighted by atomic mass is 15.1.